The van der Waals surface area contributed by atoms with Gasteiger partial charge >= 0.3 is 0 Å². The summed E-state index contributed by atoms with van der Waals surface area (Å²) in [4.78, 5) is 11.8. The lowest BCUT2D eigenvalue weighted by Crippen LogP contribution is -2.29. The summed E-state index contributed by atoms with van der Waals surface area (Å²) in [5.74, 6) is -4.54. The maximum atomic E-state index is 15.1. The number of amides is 1. The normalized spacial score (nSPS) is 11.7. The van der Waals surface area contributed by atoms with Gasteiger partial charge in [0.15, 0.2) is 9.84 Å². The highest BCUT2D eigenvalue weighted by molar-refractivity contribution is 7.91. The molecule has 0 radical (unpaired) electrons. The Morgan fingerprint density at radius 2 is 1.73 bits per heavy atom. The monoisotopic (exact) mass is 570 g/mol. The Morgan fingerprint density at radius 1 is 0.925 bits per heavy atom. The molecule has 3 aromatic carbocycles. The van der Waals surface area contributed by atoms with Crippen LogP contribution in [0.4, 0.5) is 17.6 Å². The molecule has 2 heterocycles. The minimum atomic E-state index is -4.21. The predicted molar refractivity (Wildman–Crippen MR) is 140 cm³/mol. The Labute approximate surface area is 226 Å². The fraction of sp³-hybridized carbons (Fsp3) is 0.143. The molecule has 5 aromatic rings. The van der Waals surface area contributed by atoms with Gasteiger partial charge in [0, 0.05) is 48.7 Å². The van der Waals surface area contributed by atoms with Gasteiger partial charge < -0.3 is 9.88 Å². The van der Waals surface area contributed by atoms with Crippen molar-refractivity contribution in [2.24, 2.45) is 7.05 Å². The smallest absolute Gasteiger partial charge is 0.251 e. The zero-order valence-corrected chi connectivity index (χ0v) is 21.9. The largest absolute Gasteiger partial charge is 0.351 e. The van der Waals surface area contributed by atoms with Gasteiger partial charge in [-0.15, -0.1) is 0 Å². The van der Waals surface area contributed by atoms with Gasteiger partial charge in [-0.2, -0.15) is 5.10 Å². The summed E-state index contributed by atoms with van der Waals surface area (Å²) < 4.78 is 86.8. The zero-order valence-electron chi connectivity index (χ0n) is 21.0. The number of benzene rings is 3. The number of aromatic nitrogens is 3. The second-order valence-corrected chi connectivity index (χ2v) is 11.3. The highest BCUT2D eigenvalue weighted by Gasteiger charge is 2.25. The minimum Gasteiger partial charge on any atom is -0.351 e. The van der Waals surface area contributed by atoms with Crippen LogP contribution in [0, 0.1) is 23.3 Å². The molecule has 40 heavy (non-hydrogen) atoms. The Bertz CT molecular complexity index is 1860. The Morgan fingerprint density at radius 3 is 2.42 bits per heavy atom. The summed E-state index contributed by atoms with van der Waals surface area (Å²) in [7, 11) is -2.48. The topological polar surface area (TPSA) is 86.0 Å². The Kier molecular flexibility index (Phi) is 7.19. The molecule has 0 unspecified atom stereocenters. The van der Waals surface area contributed by atoms with E-state index >= 15 is 4.39 Å². The molecule has 2 aromatic heterocycles. The number of rotatable bonds is 8. The van der Waals surface area contributed by atoms with Crippen molar-refractivity contribution in [3.8, 4) is 11.1 Å². The summed E-state index contributed by atoms with van der Waals surface area (Å²) in [6.07, 6.45) is 4.43. The van der Waals surface area contributed by atoms with E-state index < -0.39 is 49.7 Å². The summed E-state index contributed by atoms with van der Waals surface area (Å²) in [6, 6.07) is 10.9. The first kappa shape index (κ1) is 27.1. The fourth-order valence-electron chi connectivity index (χ4n) is 4.42. The van der Waals surface area contributed by atoms with Crippen LogP contribution in [0.2, 0.25) is 0 Å². The highest BCUT2D eigenvalue weighted by Crippen LogP contribution is 2.31. The Balaban J connectivity index is 1.43. The molecular weight excluding hydrogens is 548 g/mol. The lowest BCUT2D eigenvalue weighted by molar-refractivity contribution is 0.0955. The molecule has 0 saturated heterocycles. The van der Waals surface area contributed by atoms with Crippen molar-refractivity contribution in [3.63, 3.8) is 0 Å². The molecule has 0 spiro atoms. The van der Waals surface area contributed by atoms with E-state index in [0.29, 0.717) is 17.2 Å². The lowest BCUT2D eigenvalue weighted by atomic mass is 10.1. The summed E-state index contributed by atoms with van der Waals surface area (Å²) in [5.41, 5.74) is 1.37. The van der Waals surface area contributed by atoms with E-state index in [2.05, 4.69) is 10.4 Å². The van der Waals surface area contributed by atoms with E-state index in [4.69, 9.17) is 0 Å². The van der Waals surface area contributed by atoms with Crippen molar-refractivity contribution >= 4 is 26.6 Å². The molecule has 0 aliphatic carbocycles. The van der Waals surface area contributed by atoms with Gasteiger partial charge in [-0.3, -0.25) is 9.48 Å². The summed E-state index contributed by atoms with van der Waals surface area (Å²) in [6.45, 7) is -0.554. The number of aryl methyl sites for hydroxylation is 1. The second-order valence-electron chi connectivity index (χ2n) is 9.20. The molecule has 12 heteroatoms. The van der Waals surface area contributed by atoms with Gasteiger partial charge in [0.2, 0.25) is 0 Å². The van der Waals surface area contributed by atoms with Crippen molar-refractivity contribution < 1.29 is 30.8 Å². The molecule has 7 nitrogen and oxygen atoms in total. The number of carbonyl (C=O) groups excluding carboxylic acids is 1. The van der Waals surface area contributed by atoms with Crippen molar-refractivity contribution in [3.05, 3.63) is 108 Å². The molecule has 1 amide bonds. The molecule has 0 fully saturated rings. The molecule has 0 aliphatic heterocycles. The number of nitrogens with zero attached hydrogens (tertiary/aromatic N) is 3. The van der Waals surface area contributed by atoms with E-state index in [-0.39, 0.29) is 35.1 Å². The number of halogens is 4. The number of hydrogen-bond donors (Lipinski definition) is 1. The lowest BCUT2D eigenvalue weighted by Gasteiger charge is -2.08. The Hall–Kier alpha value is -4.45. The van der Waals surface area contributed by atoms with Crippen LogP contribution in [-0.2, 0) is 23.4 Å². The van der Waals surface area contributed by atoms with E-state index in [1.54, 1.807) is 30.2 Å². The van der Waals surface area contributed by atoms with E-state index in [1.807, 2.05) is 0 Å². The van der Waals surface area contributed by atoms with Gasteiger partial charge in [-0.1, -0.05) is 18.2 Å². The van der Waals surface area contributed by atoms with Crippen LogP contribution in [0.3, 0.4) is 0 Å². The van der Waals surface area contributed by atoms with Crippen LogP contribution in [0.15, 0.2) is 78.1 Å². The first-order valence-electron chi connectivity index (χ1n) is 12.0. The van der Waals surface area contributed by atoms with Crippen molar-refractivity contribution in [2.45, 2.75) is 11.4 Å². The SMILES string of the molecule is Cn1cc(-c2ccc(Cn3cc(S(=O)(=O)CCNC(=O)c4cccc(F)c4)c4c(F)cc(F)cc43)c(F)c2)cn1. The number of hydrogen-bond acceptors (Lipinski definition) is 4. The summed E-state index contributed by atoms with van der Waals surface area (Å²) in [5, 5.41) is 6.12. The minimum absolute atomic E-state index is 0.00657. The van der Waals surface area contributed by atoms with Crippen LogP contribution in [0.5, 0.6) is 0 Å². The average Bonchev–Trinajstić information content (AvgIpc) is 3.49. The van der Waals surface area contributed by atoms with E-state index in [0.717, 1.165) is 24.4 Å². The van der Waals surface area contributed by atoms with E-state index in [1.165, 1.54) is 28.8 Å². The first-order valence-corrected chi connectivity index (χ1v) is 13.7. The van der Waals surface area contributed by atoms with Gasteiger partial charge in [0.1, 0.15) is 23.3 Å². The fourth-order valence-corrected chi connectivity index (χ4v) is 5.81. The molecule has 0 bridgehead atoms. The molecule has 1 N–H and O–H groups in total. The third-order valence-electron chi connectivity index (χ3n) is 6.37. The number of sulfone groups is 1. The zero-order chi connectivity index (χ0) is 28.6. The van der Waals surface area contributed by atoms with Crippen LogP contribution in [0.1, 0.15) is 15.9 Å². The van der Waals surface area contributed by atoms with Gasteiger partial charge in [-0.25, -0.2) is 26.0 Å². The third-order valence-corrected chi connectivity index (χ3v) is 8.09. The van der Waals surface area contributed by atoms with Crippen LogP contribution in [0.25, 0.3) is 22.0 Å². The molecular formula is C28H22F4N4O3S. The standard InChI is InChI=1S/C28H22F4N4O3S/c1-35-14-20(13-34-35)17-5-6-19(23(31)10-17)15-36-16-26(27-24(32)11-22(30)12-25(27)36)40(38,39)8-7-33-28(37)18-3-2-4-21(29)9-18/h2-6,9-14,16H,7-8,15H2,1H3,(H,33,37). The van der Waals surface area contributed by atoms with Crippen molar-refractivity contribution in [2.75, 3.05) is 12.3 Å². The van der Waals surface area contributed by atoms with Crippen LogP contribution >= 0.6 is 0 Å². The summed E-state index contributed by atoms with van der Waals surface area (Å²) >= 11 is 0. The van der Waals surface area contributed by atoms with Crippen LogP contribution in [-0.4, -0.2) is 41.0 Å². The van der Waals surface area contributed by atoms with Gasteiger partial charge in [0.25, 0.3) is 5.91 Å². The van der Waals surface area contributed by atoms with Gasteiger partial charge in [-0.05, 0) is 35.9 Å². The number of carbonyl (C=O) groups is 1. The predicted octanol–water partition coefficient (Wildman–Crippen LogP) is 4.85. The molecule has 0 saturated carbocycles. The quantitative estimate of drug-likeness (QED) is 0.271. The molecule has 5 rings (SSSR count). The maximum Gasteiger partial charge on any atom is 0.251 e. The molecule has 0 atom stereocenters. The van der Waals surface area contributed by atoms with Crippen LogP contribution < -0.4 is 5.32 Å². The third kappa shape index (κ3) is 5.48. The second kappa shape index (κ2) is 10.6. The molecule has 206 valence electrons. The number of fused-ring (bicyclic) bond motifs is 1. The first-order chi connectivity index (χ1) is 19.0. The van der Waals surface area contributed by atoms with Crippen molar-refractivity contribution in [1.29, 1.82) is 0 Å². The highest BCUT2D eigenvalue weighted by atomic mass is 32.2. The molecule has 0 aliphatic rings. The van der Waals surface area contributed by atoms with E-state index in [9.17, 15) is 26.4 Å². The van der Waals surface area contributed by atoms with Crippen molar-refractivity contribution in [1.82, 2.24) is 19.7 Å². The maximum absolute atomic E-state index is 15.1. The van der Waals surface area contributed by atoms with Gasteiger partial charge in [0.05, 0.1) is 34.3 Å². The average molecular weight is 571 g/mol. The number of nitrogens with one attached hydrogen (secondary N) is 1.